The van der Waals surface area contributed by atoms with Crippen LogP contribution < -0.4 is 15.8 Å². The lowest BCUT2D eigenvalue weighted by Crippen LogP contribution is -2.40. The van der Waals surface area contributed by atoms with Gasteiger partial charge in [-0.2, -0.15) is 0 Å². The number of halogens is 2. The number of ether oxygens (including phenoxy) is 1. The van der Waals surface area contributed by atoms with E-state index in [1.807, 2.05) is 20.8 Å². The Bertz CT molecular complexity index is 481. The summed E-state index contributed by atoms with van der Waals surface area (Å²) in [6.45, 7) is 5.71. The lowest BCUT2D eigenvalue weighted by atomic mass is 10.1. The number of amides is 1. The smallest absolute Gasteiger partial charge is 0.251 e. The highest BCUT2D eigenvalue weighted by Gasteiger charge is 2.15. The normalized spacial score (nSPS) is 11.6. The molecule has 3 N–H and O–H groups in total. The third kappa shape index (κ3) is 7.68. The van der Waals surface area contributed by atoms with Crippen molar-refractivity contribution in [3.8, 4) is 5.75 Å². The fourth-order valence-corrected chi connectivity index (χ4v) is 1.45. The molecule has 6 heteroatoms. The van der Waals surface area contributed by atoms with E-state index in [-0.39, 0.29) is 37.0 Å². The van der Waals surface area contributed by atoms with Crippen molar-refractivity contribution in [1.29, 1.82) is 0 Å². The first-order chi connectivity index (χ1) is 9.31. The van der Waals surface area contributed by atoms with Crippen molar-refractivity contribution in [3.05, 3.63) is 41.7 Å². The zero-order chi connectivity index (χ0) is 15.2. The molecule has 0 aliphatic heterocycles. The van der Waals surface area contributed by atoms with Crippen molar-refractivity contribution in [3.63, 3.8) is 0 Å². The van der Waals surface area contributed by atoms with E-state index in [9.17, 15) is 9.18 Å². The van der Waals surface area contributed by atoms with Gasteiger partial charge in [0.05, 0.1) is 0 Å². The van der Waals surface area contributed by atoms with Crippen LogP contribution in [0.1, 0.15) is 31.1 Å². The van der Waals surface area contributed by atoms with E-state index >= 15 is 0 Å². The van der Waals surface area contributed by atoms with E-state index in [1.54, 1.807) is 24.3 Å². The minimum atomic E-state index is -0.415. The van der Waals surface area contributed by atoms with Gasteiger partial charge in [0.15, 0.2) is 0 Å². The molecule has 21 heavy (non-hydrogen) atoms. The summed E-state index contributed by atoms with van der Waals surface area (Å²) < 4.78 is 18.3. The van der Waals surface area contributed by atoms with Crippen LogP contribution in [-0.4, -0.2) is 24.6 Å². The minimum Gasteiger partial charge on any atom is -0.487 e. The fraction of sp³-hybridized carbons (Fsp3) is 0.400. The van der Waals surface area contributed by atoms with E-state index in [2.05, 4.69) is 5.32 Å². The summed E-state index contributed by atoms with van der Waals surface area (Å²) >= 11 is 0. The number of nitrogens with two attached hydrogens (primary N) is 1. The van der Waals surface area contributed by atoms with Gasteiger partial charge in [0, 0.05) is 17.6 Å². The molecule has 0 unspecified atom stereocenters. The second kappa shape index (κ2) is 8.64. The molecule has 1 aromatic carbocycles. The molecule has 1 amide bonds. The largest absolute Gasteiger partial charge is 0.487 e. The predicted octanol–water partition coefficient (Wildman–Crippen LogP) is 2.83. The molecular weight excluding hydrogens is 295 g/mol. The molecule has 0 heterocycles. The van der Waals surface area contributed by atoms with Gasteiger partial charge in [0.25, 0.3) is 5.91 Å². The summed E-state index contributed by atoms with van der Waals surface area (Å²) in [4.78, 5) is 11.9. The van der Waals surface area contributed by atoms with Gasteiger partial charge in [0.1, 0.15) is 18.2 Å². The number of hydrogen-bond acceptors (Lipinski definition) is 3. The van der Waals surface area contributed by atoms with Crippen LogP contribution in [0, 0.1) is 0 Å². The molecule has 4 nitrogen and oxygen atoms in total. The maximum absolute atomic E-state index is 13.1. The highest BCUT2D eigenvalue weighted by atomic mass is 35.5. The molecule has 0 aromatic heterocycles. The Kier molecular flexibility index (Phi) is 7.99. The highest BCUT2D eigenvalue weighted by molar-refractivity contribution is 5.94. The maximum atomic E-state index is 13.1. The third-order valence-corrected chi connectivity index (χ3v) is 2.32. The first-order valence-electron chi connectivity index (χ1n) is 6.42. The summed E-state index contributed by atoms with van der Waals surface area (Å²) in [5, 5.41) is 2.86. The average Bonchev–Trinajstić information content (AvgIpc) is 2.35. The van der Waals surface area contributed by atoms with Crippen LogP contribution in [-0.2, 0) is 0 Å². The van der Waals surface area contributed by atoms with Crippen LogP contribution in [0.5, 0.6) is 5.75 Å². The van der Waals surface area contributed by atoms with Gasteiger partial charge < -0.3 is 15.8 Å². The van der Waals surface area contributed by atoms with Crippen molar-refractivity contribution >= 4 is 18.3 Å². The molecule has 0 fully saturated rings. The van der Waals surface area contributed by atoms with Gasteiger partial charge in [-0.1, -0.05) is 0 Å². The SMILES string of the molecule is CC(C)(C)NC(=O)c1ccc(OC/C(F)=C/CN)cc1.Cl. The summed E-state index contributed by atoms with van der Waals surface area (Å²) in [5.74, 6) is -0.0711. The van der Waals surface area contributed by atoms with Crippen molar-refractivity contribution in [2.45, 2.75) is 26.3 Å². The van der Waals surface area contributed by atoms with Crippen LogP contribution in [0.15, 0.2) is 36.2 Å². The van der Waals surface area contributed by atoms with E-state index in [1.165, 1.54) is 6.08 Å². The Balaban J connectivity index is 0.00000400. The van der Waals surface area contributed by atoms with Crippen LogP contribution >= 0.6 is 12.4 Å². The first kappa shape index (κ1) is 19.4. The predicted molar refractivity (Wildman–Crippen MR) is 84.6 cm³/mol. The van der Waals surface area contributed by atoms with Crippen LogP contribution in [0.2, 0.25) is 0 Å². The van der Waals surface area contributed by atoms with Gasteiger partial charge in [0.2, 0.25) is 0 Å². The second-order valence-electron chi connectivity index (χ2n) is 5.40. The molecule has 0 saturated heterocycles. The molecule has 0 atom stereocenters. The van der Waals surface area contributed by atoms with Gasteiger partial charge in [-0.05, 0) is 51.1 Å². The van der Waals surface area contributed by atoms with Crippen molar-refractivity contribution in [2.24, 2.45) is 5.73 Å². The Hall–Kier alpha value is -1.59. The van der Waals surface area contributed by atoms with E-state index in [0.29, 0.717) is 11.3 Å². The quantitative estimate of drug-likeness (QED) is 0.878. The maximum Gasteiger partial charge on any atom is 0.251 e. The third-order valence-electron chi connectivity index (χ3n) is 2.32. The van der Waals surface area contributed by atoms with Gasteiger partial charge in [-0.25, -0.2) is 4.39 Å². The monoisotopic (exact) mass is 316 g/mol. The van der Waals surface area contributed by atoms with E-state index in [4.69, 9.17) is 10.5 Å². The summed E-state index contributed by atoms with van der Waals surface area (Å²) in [5.41, 5.74) is 5.43. The molecular formula is C15H22ClFN2O2. The lowest BCUT2D eigenvalue weighted by molar-refractivity contribution is 0.0919. The van der Waals surface area contributed by atoms with Gasteiger partial charge in [-0.15, -0.1) is 12.4 Å². The zero-order valence-electron chi connectivity index (χ0n) is 12.5. The van der Waals surface area contributed by atoms with Crippen molar-refractivity contribution < 1.29 is 13.9 Å². The Morgan fingerprint density at radius 1 is 1.33 bits per heavy atom. The zero-order valence-corrected chi connectivity index (χ0v) is 13.3. The minimum absolute atomic E-state index is 0. The Morgan fingerprint density at radius 2 is 1.90 bits per heavy atom. The summed E-state index contributed by atoms with van der Waals surface area (Å²) in [6, 6.07) is 6.54. The molecule has 118 valence electrons. The van der Waals surface area contributed by atoms with Crippen LogP contribution in [0.3, 0.4) is 0 Å². The fourth-order valence-electron chi connectivity index (χ4n) is 1.45. The topological polar surface area (TPSA) is 64.3 Å². The lowest BCUT2D eigenvalue weighted by Gasteiger charge is -2.20. The average molecular weight is 317 g/mol. The standard InChI is InChI=1S/C15H21FN2O2.ClH/c1-15(2,3)18-14(19)11-4-6-13(7-5-11)20-10-12(16)8-9-17;/h4-8H,9-10,17H2,1-3H3,(H,18,19);1H/b12-8-;. The number of rotatable bonds is 5. The number of carbonyl (C=O) groups excluding carboxylic acids is 1. The molecule has 0 saturated carbocycles. The van der Waals surface area contributed by atoms with E-state index < -0.39 is 5.83 Å². The van der Waals surface area contributed by atoms with Crippen molar-refractivity contribution in [2.75, 3.05) is 13.2 Å². The molecule has 0 aliphatic carbocycles. The van der Waals surface area contributed by atoms with Crippen molar-refractivity contribution in [1.82, 2.24) is 5.32 Å². The molecule has 0 radical (unpaired) electrons. The Morgan fingerprint density at radius 3 is 2.38 bits per heavy atom. The number of benzene rings is 1. The number of nitrogens with one attached hydrogen (secondary N) is 1. The number of hydrogen-bond donors (Lipinski definition) is 2. The molecule has 0 spiro atoms. The molecule has 1 aromatic rings. The Labute approximate surface area is 131 Å². The van der Waals surface area contributed by atoms with Crippen LogP contribution in [0.25, 0.3) is 0 Å². The van der Waals surface area contributed by atoms with Gasteiger partial charge in [-0.3, -0.25) is 4.79 Å². The summed E-state index contributed by atoms with van der Waals surface area (Å²) in [7, 11) is 0. The van der Waals surface area contributed by atoms with Crippen LogP contribution in [0.4, 0.5) is 4.39 Å². The van der Waals surface area contributed by atoms with Gasteiger partial charge >= 0.3 is 0 Å². The second-order valence-corrected chi connectivity index (χ2v) is 5.40. The highest BCUT2D eigenvalue weighted by Crippen LogP contribution is 2.14. The molecule has 0 aliphatic rings. The molecule has 0 bridgehead atoms. The summed E-state index contributed by atoms with van der Waals surface area (Å²) in [6.07, 6.45) is 1.26. The molecule has 1 rings (SSSR count). The number of carbonyl (C=O) groups is 1. The first-order valence-corrected chi connectivity index (χ1v) is 6.42. The van der Waals surface area contributed by atoms with E-state index in [0.717, 1.165) is 0 Å².